The molecule has 0 spiro atoms. The van der Waals surface area contributed by atoms with Crippen molar-refractivity contribution in [2.24, 2.45) is 0 Å². The molecule has 0 saturated carbocycles. The molecule has 2 aromatic carbocycles. The molecule has 2 N–H and O–H groups in total. The first-order chi connectivity index (χ1) is 14.6. The minimum atomic E-state index is -3.88. The standard InChI is InChI=1S/C20H19Cl2N3O5S/c1-11-12(2)24-30-20(11)25-31(27,28)16-7-5-15(6-8-16)23-19(26)13(3)29-18-9-4-14(21)10-17(18)22/h4-10,13,25H,1-3H3,(H,23,26)/t13-/m0/s1. The summed E-state index contributed by atoms with van der Waals surface area (Å²) in [4.78, 5) is 12.4. The van der Waals surface area contributed by atoms with Gasteiger partial charge in [0.2, 0.25) is 5.88 Å². The van der Waals surface area contributed by atoms with E-state index in [2.05, 4.69) is 15.2 Å². The Bertz CT molecular complexity index is 1210. The van der Waals surface area contributed by atoms with Crippen LogP contribution in [0.4, 0.5) is 11.6 Å². The SMILES string of the molecule is Cc1noc(NS(=O)(=O)c2ccc(NC(=O)[C@H](C)Oc3ccc(Cl)cc3Cl)cc2)c1C. The minimum Gasteiger partial charge on any atom is -0.479 e. The van der Waals surface area contributed by atoms with E-state index in [0.717, 1.165) is 0 Å². The Labute approximate surface area is 189 Å². The molecule has 11 heteroatoms. The van der Waals surface area contributed by atoms with Gasteiger partial charge in [-0.15, -0.1) is 0 Å². The summed E-state index contributed by atoms with van der Waals surface area (Å²) < 4.78 is 38.0. The number of ether oxygens (including phenoxy) is 1. The van der Waals surface area contributed by atoms with Crippen molar-refractivity contribution in [1.82, 2.24) is 5.16 Å². The average Bonchev–Trinajstić information content (AvgIpc) is 3.02. The molecule has 164 valence electrons. The molecular weight excluding hydrogens is 465 g/mol. The molecule has 0 radical (unpaired) electrons. The predicted octanol–water partition coefficient (Wildman–Crippen LogP) is 4.81. The first kappa shape index (κ1) is 22.9. The summed E-state index contributed by atoms with van der Waals surface area (Å²) in [6.07, 6.45) is -0.860. The van der Waals surface area contributed by atoms with Crippen molar-refractivity contribution in [2.75, 3.05) is 10.0 Å². The Morgan fingerprint density at radius 1 is 1.13 bits per heavy atom. The number of hydrogen-bond acceptors (Lipinski definition) is 6. The second-order valence-corrected chi connectivity index (χ2v) is 9.20. The molecule has 3 aromatic rings. The number of halogens is 2. The number of aromatic nitrogens is 1. The first-order valence-corrected chi connectivity index (χ1v) is 11.3. The van der Waals surface area contributed by atoms with Crippen LogP contribution >= 0.6 is 23.2 Å². The van der Waals surface area contributed by atoms with Gasteiger partial charge in [-0.25, -0.2) is 13.1 Å². The lowest BCUT2D eigenvalue weighted by Gasteiger charge is -2.16. The van der Waals surface area contributed by atoms with Gasteiger partial charge in [-0.2, -0.15) is 0 Å². The van der Waals surface area contributed by atoms with Crippen LogP contribution in [0.15, 0.2) is 51.9 Å². The maximum atomic E-state index is 12.5. The van der Waals surface area contributed by atoms with Crippen LogP contribution in [0.3, 0.4) is 0 Å². The van der Waals surface area contributed by atoms with Crippen molar-refractivity contribution in [3.63, 3.8) is 0 Å². The van der Waals surface area contributed by atoms with Crippen LogP contribution in [0.5, 0.6) is 5.75 Å². The van der Waals surface area contributed by atoms with Crippen LogP contribution in [0, 0.1) is 13.8 Å². The normalized spacial score (nSPS) is 12.3. The van der Waals surface area contributed by atoms with Gasteiger partial charge >= 0.3 is 0 Å². The third kappa shape index (κ3) is 5.49. The number of carbonyl (C=O) groups excluding carboxylic acids is 1. The van der Waals surface area contributed by atoms with Gasteiger partial charge in [-0.3, -0.25) is 4.79 Å². The molecule has 0 saturated heterocycles. The van der Waals surface area contributed by atoms with Crippen LogP contribution in [-0.4, -0.2) is 25.6 Å². The Kier molecular flexibility index (Phi) is 6.78. The van der Waals surface area contributed by atoms with Gasteiger partial charge in [0.15, 0.2) is 6.10 Å². The molecule has 31 heavy (non-hydrogen) atoms. The zero-order valence-electron chi connectivity index (χ0n) is 16.8. The van der Waals surface area contributed by atoms with Gasteiger partial charge in [-0.1, -0.05) is 28.4 Å². The van der Waals surface area contributed by atoms with Crippen LogP contribution in [0.25, 0.3) is 0 Å². The fourth-order valence-corrected chi connectivity index (χ4v) is 3.97. The summed E-state index contributed by atoms with van der Waals surface area (Å²) in [5.74, 6) is -0.0617. The quantitative estimate of drug-likeness (QED) is 0.498. The summed E-state index contributed by atoms with van der Waals surface area (Å²) in [6, 6.07) is 10.3. The van der Waals surface area contributed by atoms with Crippen molar-refractivity contribution in [2.45, 2.75) is 31.8 Å². The van der Waals surface area contributed by atoms with Gasteiger partial charge in [0, 0.05) is 16.3 Å². The highest BCUT2D eigenvalue weighted by Crippen LogP contribution is 2.28. The smallest absolute Gasteiger partial charge is 0.265 e. The number of carbonyl (C=O) groups is 1. The van der Waals surface area contributed by atoms with Crippen LogP contribution in [0.1, 0.15) is 18.2 Å². The lowest BCUT2D eigenvalue weighted by Crippen LogP contribution is -2.30. The predicted molar refractivity (Wildman–Crippen MR) is 118 cm³/mol. The molecule has 0 aliphatic rings. The second-order valence-electron chi connectivity index (χ2n) is 6.68. The molecule has 3 rings (SSSR count). The zero-order chi connectivity index (χ0) is 22.8. The number of nitrogens with zero attached hydrogens (tertiary/aromatic N) is 1. The molecule has 0 unspecified atom stereocenters. The van der Waals surface area contributed by atoms with Gasteiger partial charge < -0.3 is 14.6 Å². The maximum absolute atomic E-state index is 12.5. The van der Waals surface area contributed by atoms with Gasteiger partial charge in [0.05, 0.1) is 15.6 Å². The van der Waals surface area contributed by atoms with E-state index in [4.69, 9.17) is 32.5 Å². The molecule has 0 bridgehead atoms. The maximum Gasteiger partial charge on any atom is 0.265 e. The van der Waals surface area contributed by atoms with E-state index in [0.29, 0.717) is 27.7 Å². The van der Waals surface area contributed by atoms with E-state index in [-0.39, 0.29) is 15.8 Å². The van der Waals surface area contributed by atoms with Crippen LogP contribution in [-0.2, 0) is 14.8 Å². The van der Waals surface area contributed by atoms with Gasteiger partial charge in [-0.05, 0) is 63.2 Å². The van der Waals surface area contributed by atoms with Gasteiger partial charge in [0.25, 0.3) is 15.9 Å². The zero-order valence-corrected chi connectivity index (χ0v) is 19.1. The molecule has 0 aliphatic carbocycles. The Hall–Kier alpha value is -2.75. The van der Waals surface area contributed by atoms with Crippen molar-refractivity contribution in [1.29, 1.82) is 0 Å². The highest BCUT2D eigenvalue weighted by Gasteiger charge is 2.20. The summed E-state index contributed by atoms with van der Waals surface area (Å²) in [5, 5.41) is 7.11. The first-order valence-electron chi connectivity index (χ1n) is 9.05. The lowest BCUT2D eigenvalue weighted by atomic mass is 10.3. The summed E-state index contributed by atoms with van der Waals surface area (Å²) in [7, 11) is -3.88. The van der Waals surface area contributed by atoms with E-state index in [9.17, 15) is 13.2 Å². The largest absolute Gasteiger partial charge is 0.479 e. The number of aryl methyl sites for hydroxylation is 1. The number of sulfonamides is 1. The molecule has 1 heterocycles. The number of anilines is 2. The Morgan fingerprint density at radius 2 is 1.81 bits per heavy atom. The highest BCUT2D eigenvalue weighted by molar-refractivity contribution is 7.92. The van der Waals surface area contributed by atoms with Gasteiger partial charge in [0.1, 0.15) is 5.75 Å². The third-order valence-electron chi connectivity index (χ3n) is 4.38. The van der Waals surface area contributed by atoms with Crippen molar-refractivity contribution in [3.05, 3.63) is 63.8 Å². The van der Waals surface area contributed by atoms with Crippen LogP contribution < -0.4 is 14.8 Å². The topological polar surface area (TPSA) is 111 Å². The third-order valence-corrected chi connectivity index (χ3v) is 6.26. The molecule has 0 aliphatic heterocycles. The Morgan fingerprint density at radius 3 is 2.39 bits per heavy atom. The summed E-state index contributed by atoms with van der Waals surface area (Å²) in [6.45, 7) is 4.97. The van der Waals surface area contributed by atoms with Crippen molar-refractivity contribution in [3.8, 4) is 5.75 Å². The summed E-state index contributed by atoms with van der Waals surface area (Å²) >= 11 is 11.9. The number of rotatable bonds is 7. The van der Waals surface area contributed by atoms with E-state index in [1.165, 1.54) is 30.3 Å². The molecular formula is C20H19Cl2N3O5S. The molecule has 1 aromatic heterocycles. The molecule has 1 atom stereocenters. The molecule has 8 nitrogen and oxygen atoms in total. The fourth-order valence-electron chi connectivity index (χ4n) is 2.47. The lowest BCUT2D eigenvalue weighted by molar-refractivity contribution is -0.122. The van der Waals surface area contributed by atoms with E-state index in [1.54, 1.807) is 32.9 Å². The average molecular weight is 484 g/mol. The van der Waals surface area contributed by atoms with Crippen LogP contribution in [0.2, 0.25) is 10.0 Å². The fraction of sp³-hybridized carbons (Fsp3) is 0.200. The number of amides is 1. The number of nitrogens with one attached hydrogen (secondary N) is 2. The molecule has 0 fully saturated rings. The number of benzene rings is 2. The number of hydrogen-bond donors (Lipinski definition) is 2. The summed E-state index contributed by atoms with van der Waals surface area (Å²) in [5.41, 5.74) is 1.59. The Balaban J connectivity index is 1.65. The molecule has 1 amide bonds. The van der Waals surface area contributed by atoms with Crippen molar-refractivity contribution < 1.29 is 22.5 Å². The van der Waals surface area contributed by atoms with E-state index in [1.807, 2.05) is 0 Å². The minimum absolute atomic E-state index is 0.00352. The van der Waals surface area contributed by atoms with Crippen molar-refractivity contribution >= 4 is 50.7 Å². The van der Waals surface area contributed by atoms with E-state index < -0.39 is 22.0 Å². The highest BCUT2D eigenvalue weighted by atomic mass is 35.5. The monoisotopic (exact) mass is 483 g/mol. The van der Waals surface area contributed by atoms with E-state index >= 15 is 0 Å². The second kappa shape index (κ2) is 9.17.